The molecule has 0 bridgehead atoms. The number of fused-ring (bicyclic) bond motifs is 1. The molecule has 122 valence electrons. The van der Waals surface area contributed by atoms with Crippen LogP contribution in [-0.2, 0) is 0 Å². The first-order valence-corrected chi connectivity index (χ1v) is 9.06. The lowest BCUT2D eigenvalue weighted by Crippen LogP contribution is -2.01. The van der Waals surface area contributed by atoms with Crippen LogP contribution >= 0.6 is 22.7 Å². The second kappa shape index (κ2) is 6.58. The number of nitrogens with zero attached hydrogens (tertiary/aromatic N) is 6. The van der Waals surface area contributed by atoms with Crippen molar-refractivity contribution in [3.05, 3.63) is 47.7 Å². The van der Waals surface area contributed by atoms with Gasteiger partial charge in [-0.25, -0.2) is 9.98 Å². The van der Waals surface area contributed by atoms with Gasteiger partial charge >= 0.3 is 0 Å². The second-order valence-corrected chi connectivity index (χ2v) is 6.97. The third-order valence-corrected chi connectivity index (χ3v) is 5.42. The second-order valence-electron chi connectivity index (χ2n) is 5.05. The number of amidine groups is 1. The average molecular weight is 364 g/mol. The molecule has 0 aromatic carbocycles. The van der Waals surface area contributed by atoms with Crippen LogP contribution in [-0.4, -0.2) is 39.8 Å². The highest BCUT2D eigenvalue weighted by atomic mass is 32.1. The predicted octanol–water partition coefficient (Wildman–Crippen LogP) is 3.95. The molecule has 0 radical (unpaired) electrons. The van der Waals surface area contributed by atoms with Crippen molar-refractivity contribution in [1.82, 2.24) is 20.2 Å². The summed E-state index contributed by atoms with van der Waals surface area (Å²) in [5.41, 5.74) is 2.40. The molecule has 0 amide bonds. The molecule has 4 aromatic heterocycles. The molecule has 4 rings (SSSR count). The van der Waals surface area contributed by atoms with Crippen LogP contribution in [0.1, 0.15) is 5.69 Å². The number of rotatable bonds is 3. The molecule has 0 atom stereocenters. The van der Waals surface area contributed by atoms with Crippen molar-refractivity contribution >= 4 is 45.3 Å². The molecule has 0 saturated heterocycles. The Morgan fingerprint density at radius 2 is 2.08 bits per heavy atom. The van der Waals surface area contributed by atoms with Gasteiger partial charge in [-0.3, -0.25) is 9.98 Å². The lowest BCUT2D eigenvalue weighted by atomic mass is 10.2. The van der Waals surface area contributed by atoms with Crippen LogP contribution in [0.4, 0.5) is 0 Å². The molecular formula is C17H12N6S2. The minimum absolute atomic E-state index is 0.508. The van der Waals surface area contributed by atoms with E-state index in [1.807, 2.05) is 29.6 Å². The van der Waals surface area contributed by atoms with Gasteiger partial charge in [-0.15, -0.1) is 21.5 Å². The van der Waals surface area contributed by atoms with Crippen LogP contribution in [0.5, 0.6) is 0 Å². The lowest BCUT2D eigenvalue weighted by Gasteiger charge is -2.03. The van der Waals surface area contributed by atoms with E-state index in [0.29, 0.717) is 11.5 Å². The Morgan fingerprint density at radius 1 is 1.20 bits per heavy atom. The summed E-state index contributed by atoms with van der Waals surface area (Å²) in [5, 5.41) is 13.3. The first-order valence-electron chi connectivity index (χ1n) is 7.36. The Kier molecular flexibility index (Phi) is 4.12. The van der Waals surface area contributed by atoms with Crippen LogP contribution in [0.25, 0.3) is 31.4 Å². The first kappa shape index (κ1) is 15.7. The highest BCUT2D eigenvalue weighted by Crippen LogP contribution is 2.35. The van der Waals surface area contributed by atoms with Crippen LogP contribution in [0.15, 0.2) is 52.0 Å². The summed E-state index contributed by atoms with van der Waals surface area (Å²) >= 11 is 3.13. The summed E-state index contributed by atoms with van der Waals surface area (Å²) in [6.07, 6.45) is 3.51. The largest absolute Gasteiger partial charge is 0.268 e. The lowest BCUT2D eigenvalue weighted by molar-refractivity contribution is 1.09. The van der Waals surface area contributed by atoms with Gasteiger partial charge in [0.2, 0.25) is 0 Å². The first-order chi connectivity index (χ1) is 12.3. The van der Waals surface area contributed by atoms with E-state index in [1.165, 1.54) is 11.3 Å². The van der Waals surface area contributed by atoms with Crippen molar-refractivity contribution in [2.75, 3.05) is 7.05 Å². The van der Waals surface area contributed by atoms with Crippen LogP contribution in [0, 0.1) is 0 Å². The molecule has 8 heteroatoms. The number of aromatic nitrogens is 4. The van der Waals surface area contributed by atoms with E-state index < -0.39 is 0 Å². The number of hydrogen-bond donors (Lipinski definition) is 0. The van der Waals surface area contributed by atoms with Gasteiger partial charge in [0.1, 0.15) is 16.4 Å². The zero-order valence-corrected chi connectivity index (χ0v) is 14.9. The molecule has 4 aromatic rings. The van der Waals surface area contributed by atoms with Gasteiger partial charge in [0, 0.05) is 35.1 Å². The van der Waals surface area contributed by atoms with Crippen molar-refractivity contribution in [3.63, 3.8) is 0 Å². The Hall–Kier alpha value is -2.84. The van der Waals surface area contributed by atoms with Gasteiger partial charge in [0.15, 0.2) is 10.8 Å². The summed E-state index contributed by atoms with van der Waals surface area (Å²) in [7, 11) is 1.68. The van der Waals surface area contributed by atoms with Gasteiger partial charge in [0.25, 0.3) is 0 Å². The van der Waals surface area contributed by atoms with Crippen molar-refractivity contribution < 1.29 is 0 Å². The van der Waals surface area contributed by atoms with Gasteiger partial charge in [-0.05, 0) is 36.4 Å². The SMILES string of the molecule is C=NC(=NC)c1cc2sccc2c(-c2nnc(-c3cccnc3)s2)n1. The monoisotopic (exact) mass is 364 g/mol. The molecule has 0 aliphatic carbocycles. The zero-order chi connectivity index (χ0) is 17.2. The van der Waals surface area contributed by atoms with E-state index in [4.69, 9.17) is 4.98 Å². The molecule has 0 aliphatic rings. The molecule has 6 nitrogen and oxygen atoms in total. The third-order valence-electron chi connectivity index (χ3n) is 3.58. The Morgan fingerprint density at radius 3 is 2.84 bits per heavy atom. The summed E-state index contributed by atoms with van der Waals surface area (Å²) in [4.78, 5) is 17.0. The van der Waals surface area contributed by atoms with Crippen LogP contribution in [0.3, 0.4) is 0 Å². The van der Waals surface area contributed by atoms with Gasteiger partial charge in [-0.2, -0.15) is 0 Å². The number of aliphatic imine (C=N–C) groups is 2. The number of thiophene rings is 1. The Bertz CT molecular complexity index is 1080. The van der Waals surface area contributed by atoms with Crippen molar-refractivity contribution in [2.45, 2.75) is 0 Å². The Balaban J connectivity index is 1.88. The highest BCUT2D eigenvalue weighted by molar-refractivity contribution is 7.18. The van der Waals surface area contributed by atoms with Gasteiger partial charge in [-0.1, -0.05) is 11.3 Å². The summed E-state index contributed by atoms with van der Waals surface area (Å²) in [6, 6.07) is 7.86. The molecule has 0 unspecified atom stereocenters. The van der Waals surface area contributed by atoms with Gasteiger partial charge in [0.05, 0.1) is 0 Å². The van der Waals surface area contributed by atoms with E-state index in [1.54, 1.807) is 30.8 Å². The smallest absolute Gasteiger partial charge is 0.172 e. The number of hydrogen-bond acceptors (Lipinski definition) is 7. The zero-order valence-electron chi connectivity index (χ0n) is 13.2. The minimum Gasteiger partial charge on any atom is -0.268 e. The maximum absolute atomic E-state index is 4.73. The molecule has 0 saturated carbocycles. The fraction of sp³-hybridized carbons (Fsp3) is 0.0588. The molecule has 0 fully saturated rings. The van der Waals surface area contributed by atoms with E-state index in [2.05, 4.69) is 31.9 Å². The molecule has 0 spiro atoms. The minimum atomic E-state index is 0.508. The predicted molar refractivity (Wildman–Crippen MR) is 104 cm³/mol. The maximum atomic E-state index is 4.73. The number of pyridine rings is 2. The van der Waals surface area contributed by atoms with E-state index in [-0.39, 0.29) is 0 Å². The van der Waals surface area contributed by atoms with Crippen molar-refractivity contribution in [2.24, 2.45) is 9.98 Å². The average Bonchev–Trinajstić information content (AvgIpc) is 3.32. The maximum Gasteiger partial charge on any atom is 0.172 e. The van der Waals surface area contributed by atoms with Crippen molar-refractivity contribution in [3.8, 4) is 21.3 Å². The van der Waals surface area contributed by atoms with Gasteiger partial charge < -0.3 is 0 Å². The van der Waals surface area contributed by atoms with E-state index >= 15 is 0 Å². The molecule has 0 aliphatic heterocycles. The Labute approximate surface area is 151 Å². The molecule has 0 N–H and O–H groups in total. The summed E-state index contributed by atoms with van der Waals surface area (Å²) in [6.45, 7) is 3.57. The highest BCUT2D eigenvalue weighted by Gasteiger charge is 2.16. The fourth-order valence-corrected chi connectivity index (χ4v) is 4.09. The molecule has 4 heterocycles. The van der Waals surface area contributed by atoms with Crippen molar-refractivity contribution in [1.29, 1.82) is 0 Å². The topological polar surface area (TPSA) is 76.3 Å². The standard InChI is InChI=1S/C17H12N6S2/c1-18-15(19-2)12-8-13-11(5-7-24-13)14(21-12)17-23-22-16(25-17)10-4-3-6-20-9-10/h3-9H,1H2,2H3. The van der Waals surface area contributed by atoms with Crippen LogP contribution < -0.4 is 0 Å². The van der Waals surface area contributed by atoms with E-state index in [0.717, 1.165) is 31.4 Å². The summed E-state index contributed by atoms with van der Waals surface area (Å²) in [5.74, 6) is 0.508. The molecular weight excluding hydrogens is 352 g/mol. The van der Waals surface area contributed by atoms with Crippen LogP contribution in [0.2, 0.25) is 0 Å². The normalized spacial score (nSPS) is 11.8. The summed E-state index contributed by atoms with van der Waals surface area (Å²) < 4.78 is 1.10. The quantitative estimate of drug-likeness (QED) is 0.407. The molecule has 25 heavy (non-hydrogen) atoms. The third kappa shape index (κ3) is 2.86. The fourth-order valence-electron chi connectivity index (χ4n) is 2.43. The van der Waals surface area contributed by atoms with E-state index in [9.17, 15) is 0 Å².